The zero-order valence-corrected chi connectivity index (χ0v) is 13.6. The molecule has 0 fully saturated rings. The molecule has 118 valence electrons. The minimum absolute atomic E-state index is 0.504. The van der Waals surface area contributed by atoms with Gasteiger partial charge in [-0.3, -0.25) is 0 Å². The van der Waals surface area contributed by atoms with E-state index in [9.17, 15) is 0 Å². The summed E-state index contributed by atoms with van der Waals surface area (Å²) >= 11 is 1.58. The molecule has 0 aliphatic carbocycles. The zero-order chi connectivity index (χ0) is 16.1. The van der Waals surface area contributed by atoms with Crippen molar-refractivity contribution in [3.05, 3.63) is 48.0 Å². The Morgan fingerprint density at radius 3 is 2.74 bits per heavy atom. The van der Waals surface area contributed by atoms with Crippen LogP contribution in [-0.4, -0.2) is 25.9 Å². The van der Waals surface area contributed by atoms with Gasteiger partial charge in [0, 0.05) is 29.5 Å². The molecule has 0 aliphatic rings. The van der Waals surface area contributed by atoms with Crippen molar-refractivity contribution in [2.24, 2.45) is 0 Å². The largest absolute Gasteiger partial charge is 0.384 e. The van der Waals surface area contributed by atoms with Crippen LogP contribution in [0, 0.1) is 6.92 Å². The molecule has 6 nitrogen and oxygen atoms in total. The third-order valence-electron chi connectivity index (χ3n) is 3.12. The molecule has 3 rings (SSSR count). The second kappa shape index (κ2) is 7.23. The first-order valence-corrected chi connectivity index (χ1v) is 8.31. The number of aromatic nitrogens is 4. The van der Waals surface area contributed by atoms with E-state index in [2.05, 4.69) is 20.1 Å². The third-order valence-corrected chi connectivity index (χ3v) is 4.05. The van der Waals surface area contributed by atoms with Crippen LogP contribution in [0.5, 0.6) is 0 Å². The first-order chi connectivity index (χ1) is 11.2. The van der Waals surface area contributed by atoms with E-state index in [1.54, 1.807) is 17.8 Å². The summed E-state index contributed by atoms with van der Waals surface area (Å²) in [5.41, 5.74) is 7.55. The number of anilines is 1. The molecule has 0 spiro atoms. The number of nitrogen functional groups attached to an aromatic ring is 1. The number of nitrogens with two attached hydrogens (primary N) is 1. The van der Waals surface area contributed by atoms with Crippen molar-refractivity contribution < 1.29 is 4.52 Å². The maximum atomic E-state index is 5.72. The molecule has 0 bridgehead atoms. The zero-order valence-electron chi connectivity index (χ0n) is 12.8. The molecule has 2 heterocycles. The monoisotopic (exact) mass is 327 g/mol. The SMILES string of the molecule is Cc1cc(N)nc(SCCCc2nc(-c3ccccc3)no2)n1. The minimum atomic E-state index is 0.504. The summed E-state index contributed by atoms with van der Waals surface area (Å²) in [6, 6.07) is 11.6. The van der Waals surface area contributed by atoms with Crippen molar-refractivity contribution in [3.8, 4) is 11.4 Å². The van der Waals surface area contributed by atoms with Crippen LogP contribution in [0.1, 0.15) is 18.0 Å². The highest BCUT2D eigenvalue weighted by molar-refractivity contribution is 7.99. The van der Waals surface area contributed by atoms with Crippen molar-refractivity contribution >= 4 is 17.6 Å². The van der Waals surface area contributed by atoms with Crippen molar-refractivity contribution in [1.29, 1.82) is 0 Å². The second-order valence-electron chi connectivity index (χ2n) is 5.05. The Labute approximate surface area is 138 Å². The van der Waals surface area contributed by atoms with Gasteiger partial charge in [0.1, 0.15) is 5.82 Å². The lowest BCUT2D eigenvalue weighted by Gasteiger charge is -2.01. The lowest BCUT2D eigenvalue weighted by molar-refractivity contribution is 0.378. The normalized spacial score (nSPS) is 10.8. The fourth-order valence-corrected chi connectivity index (χ4v) is 2.93. The van der Waals surface area contributed by atoms with Crippen molar-refractivity contribution in [2.45, 2.75) is 24.9 Å². The Bertz CT molecular complexity index is 755. The average Bonchev–Trinajstić information content (AvgIpc) is 3.00. The molecule has 23 heavy (non-hydrogen) atoms. The molecule has 0 unspecified atom stereocenters. The van der Waals surface area contributed by atoms with E-state index in [-0.39, 0.29) is 0 Å². The highest BCUT2D eigenvalue weighted by Gasteiger charge is 2.08. The molecule has 0 saturated carbocycles. The topological polar surface area (TPSA) is 90.7 Å². The van der Waals surface area contributed by atoms with Gasteiger partial charge in [-0.05, 0) is 13.3 Å². The van der Waals surface area contributed by atoms with E-state index in [1.165, 1.54) is 0 Å². The molecule has 0 atom stereocenters. The lowest BCUT2D eigenvalue weighted by Crippen LogP contribution is -1.97. The van der Waals surface area contributed by atoms with E-state index >= 15 is 0 Å². The van der Waals surface area contributed by atoms with Crippen LogP contribution < -0.4 is 5.73 Å². The Hall–Kier alpha value is -2.41. The molecule has 1 aromatic carbocycles. The molecule has 2 aromatic heterocycles. The number of nitrogens with zero attached hydrogens (tertiary/aromatic N) is 4. The van der Waals surface area contributed by atoms with E-state index in [0.717, 1.165) is 29.9 Å². The maximum absolute atomic E-state index is 5.72. The van der Waals surface area contributed by atoms with Crippen molar-refractivity contribution in [2.75, 3.05) is 11.5 Å². The summed E-state index contributed by atoms with van der Waals surface area (Å²) < 4.78 is 5.29. The first kappa shape index (κ1) is 15.5. The standard InChI is InChI=1S/C16H17N5OS/c1-11-10-13(17)19-16(18-11)23-9-5-8-14-20-15(21-22-14)12-6-3-2-4-7-12/h2-4,6-7,10H,5,8-9H2,1H3,(H2,17,18,19). The molecule has 0 radical (unpaired) electrons. The smallest absolute Gasteiger partial charge is 0.226 e. The Kier molecular flexibility index (Phi) is 4.87. The van der Waals surface area contributed by atoms with Crippen LogP contribution >= 0.6 is 11.8 Å². The van der Waals surface area contributed by atoms with Gasteiger partial charge in [0.2, 0.25) is 11.7 Å². The van der Waals surface area contributed by atoms with Gasteiger partial charge in [0.15, 0.2) is 5.16 Å². The molecule has 0 aliphatic heterocycles. The summed E-state index contributed by atoms with van der Waals surface area (Å²) in [6.07, 6.45) is 1.63. The minimum Gasteiger partial charge on any atom is -0.384 e. The second-order valence-corrected chi connectivity index (χ2v) is 6.11. The van der Waals surface area contributed by atoms with Crippen LogP contribution in [0.25, 0.3) is 11.4 Å². The highest BCUT2D eigenvalue weighted by atomic mass is 32.2. The summed E-state index contributed by atoms with van der Waals surface area (Å²) in [6.45, 7) is 1.91. The van der Waals surface area contributed by atoms with E-state index in [0.29, 0.717) is 22.7 Å². The Morgan fingerprint density at radius 1 is 1.13 bits per heavy atom. The maximum Gasteiger partial charge on any atom is 0.226 e. The highest BCUT2D eigenvalue weighted by Crippen LogP contribution is 2.18. The van der Waals surface area contributed by atoms with Gasteiger partial charge >= 0.3 is 0 Å². The number of rotatable bonds is 6. The van der Waals surface area contributed by atoms with Crippen LogP contribution in [0.2, 0.25) is 0 Å². The predicted molar refractivity (Wildman–Crippen MR) is 90.0 cm³/mol. The first-order valence-electron chi connectivity index (χ1n) is 7.33. The van der Waals surface area contributed by atoms with Crippen LogP contribution in [-0.2, 0) is 6.42 Å². The number of thioether (sulfide) groups is 1. The number of hydrogen-bond acceptors (Lipinski definition) is 7. The van der Waals surface area contributed by atoms with Gasteiger partial charge in [-0.25, -0.2) is 9.97 Å². The van der Waals surface area contributed by atoms with Crippen LogP contribution in [0.4, 0.5) is 5.82 Å². The molecule has 0 saturated heterocycles. The third kappa shape index (κ3) is 4.29. The van der Waals surface area contributed by atoms with Gasteiger partial charge in [0.05, 0.1) is 0 Å². The van der Waals surface area contributed by atoms with Gasteiger partial charge in [-0.1, -0.05) is 47.3 Å². The Morgan fingerprint density at radius 2 is 1.96 bits per heavy atom. The number of benzene rings is 1. The van der Waals surface area contributed by atoms with Gasteiger partial charge in [-0.15, -0.1) is 0 Å². The average molecular weight is 327 g/mol. The quantitative estimate of drug-likeness (QED) is 0.422. The summed E-state index contributed by atoms with van der Waals surface area (Å²) in [7, 11) is 0. The van der Waals surface area contributed by atoms with Crippen molar-refractivity contribution in [1.82, 2.24) is 20.1 Å². The summed E-state index contributed by atoms with van der Waals surface area (Å²) in [5, 5.41) is 4.72. The molecule has 3 aromatic rings. The fraction of sp³-hybridized carbons (Fsp3) is 0.250. The van der Waals surface area contributed by atoms with Gasteiger partial charge in [-0.2, -0.15) is 4.98 Å². The van der Waals surface area contributed by atoms with E-state index < -0.39 is 0 Å². The Balaban J connectivity index is 1.50. The van der Waals surface area contributed by atoms with Gasteiger partial charge < -0.3 is 10.3 Å². The molecular weight excluding hydrogens is 310 g/mol. The van der Waals surface area contributed by atoms with Gasteiger partial charge in [0.25, 0.3) is 0 Å². The van der Waals surface area contributed by atoms with Crippen LogP contribution in [0.15, 0.2) is 46.1 Å². The van der Waals surface area contributed by atoms with E-state index in [1.807, 2.05) is 37.3 Å². The van der Waals surface area contributed by atoms with E-state index in [4.69, 9.17) is 10.3 Å². The number of aryl methyl sites for hydroxylation is 2. The molecule has 2 N–H and O–H groups in total. The molecule has 7 heteroatoms. The fourth-order valence-electron chi connectivity index (χ4n) is 2.08. The van der Waals surface area contributed by atoms with Crippen molar-refractivity contribution in [3.63, 3.8) is 0 Å². The molecule has 0 amide bonds. The summed E-state index contributed by atoms with van der Waals surface area (Å²) in [4.78, 5) is 13.0. The van der Waals surface area contributed by atoms with Crippen LogP contribution in [0.3, 0.4) is 0 Å². The lowest BCUT2D eigenvalue weighted by atomic mass is 10.2. The summed E-state index contributed by atoms with van der Waals surface area (Å²) in [5.74, 6) is 2.65. The number of hydrogen-bond donors (Lipinski definition) is 1. The predicted octanol–water partition coefficient (Wildman–Crippen LogP) is 3.14. The molecular formula is C16H17N5OS.